The molecule has 0 atom stereocenters. The molecule has 10 heteroatoms. The molecule has 2 aromatic rings. The van der Waals surface area contributed by atoms with E-state index in [-0.39, 0.29) is 35.4 Å². The molecule has 0 bridgehead atoms. The lowest BCUT2D eigenvalue weighted by molar-refractivity contribution is 0.373. The summed E-state index contributed by atoms with van der Waals surface area (Å²) in [6.07, 6.45) is 2.88. The molecule has 1 aliphatic rings. The van der Waals surface area contributed by atoms with E-state index in [1.54, 1.807) is 19.3 Å². The summed E-state index contributed by atoms with van der Waals surface area (Å²) in [6, 6.07) is 13.5. The van der Waals surface area contributed by atoms with Crippen molar-refractivity contribution in [3.63, 3.8) is 0 Å². The van der Waals surface area contributed by atoms with Crippen LogP contribution in [0.15, 0.2) is 64.7 Å². The molecule has 1 aliphatic heterocycles. The van der Waals surface area contributed by atoms with Gasteiger partial charge in [-0.25, -0.2) is 13.1 Å². The number of hydrogen-bond acceptors (Lipinski definition) is 5. The minimum absolute atomic E-state index is 0. The van der Waals surface area contributed by atoms with Gasteiger partial charge in [-0.15, -0.1) is 24.0 Å². The minimum Gasteiger partial charge on any atom is -0.368 e. The van der Waals surface area contributed by atoms with Crippen molar-refractivity contribution in [1.82, 2.24) is 19.9 Å². The molecule has 158 valence electrons. The third-order valence-corrected chi connectivity index (χ3v) is 6.00. The molecule has 3 rings (SSSR count). The van der Waals surface area contributed by atoms with Gasteiger partial charge in [-0.2, -0.15) is 0 Å². The van der Waals surface area contributed by atoms with Crippen LogP contribution in [-0.2, 0) is 10.0 Å². The number of nitrogens with one attached hydrogen (secondary N) is 2. The summed E-state index contributed by atoms with van der Waals surface area (Å²) >= 11 is 0. The second kappa shape index (κ2) is 11.3. The van der Waals surface area contributed by atoms with E-state index in [2.05, 4.69) is 54.1 Å². The highest BCUT2D eigenvalue weighted by Crippen LogP contribution is 2.15. The Balaban J connectivity index is 0.00000300. The van der Waals surface area contributed by atoms with E-state index in [1.165, 1.54) is 18.0 Å². The largest absolute Gasteiger partial charge is 0.368 e. The Labute approximate surface area is 189 Å². The van der Waals surface area contributed by atoms with E-state index < -0.39 is 10.0 Å². The molecular formula is C19H27IN6O2S. The molecule has 1 saturated heterocycles. The fourth-order valence-corrected chi connectivity index (χ4v) is 4.09. The number of guanidine groups is 1. The average Bonchev–Trinajstić information content (AvgIpc) is 2.75. The lowest BCUT2D eigenvalue weighted by Gasteiger charge is -2.37. The highest BCUT2D eigenvalue weighted by atomic mass is 127. The van der Waals surface area contributed by atoms with Gasteiger partial charge in [0.05, 0.1) is 0 Å². The quantitative estimate of drug-likeness (QED) is 0.254. The first kappa shape index (κ1) is 23.4. The van der Waals surface area contributed by atoms with Gasteiger partial charge in [0.2, 0.25) is 10.0 Å². The van der Waals surface area contributed by atoms with Gasteiger partial charge in [0.15, 0.2) is 5.96 Å². The fraction of sp³-hybridized carbons (Fsp3) is 0.368. The van der Waals surface area contributed by atoms with Crippen LogP contribution < -0.4 is 14.9 Å². The van der Waals surface area contributed by atoms with Gasteiger partial charge >= 0.3 is 0 Å². The van der Waals surface area contributed by atoms with Crippen molar-refractivity contribution in [2.45, 2.75) is 4.90 Å². The lowest BCUT2D eigenvalue weighted by Crippen LogP contribution is -2.53. The van der Waals surface area contributed by atoms with Crippen LogP contribution in [0.5, 0.6) is 0 Å². The zero-order chi connectivity index (χ0) is 19.8. The molecule has 2 N–H and O–H groups in total. The standard InChI is InChI=1S/C19H26N6O2S.HI/c1-20-19(22-10-11-23-28(26,27)18-8-5-9-21-16-18)25-14-12-24(13-15-25)17-6-3-2-4-7-17;/h2-9,16,23H,10-15H2,1H3,(H,20,22);1H. The maximum Gasteiger partial charge on any atom is 0.242 e. The van der Waals surface area contributed by atoms with Crippen LogP contribution in [0.25, 0.3) is 0 Å². The van der Waals surface area contributed by atoms with E-state index >= 15 is 0 Å². The first-order valence-electron chi connectivity index (χ1n) is 9.25. The lowest BCUT2D eigenvalue weighted by atomic mass is 10.2. The first-order valence-corrected chi connectivity index (χ1v) is 10.7. The Morgan fingerprint density at radius 3 is 2.41 bits per heavy atom. The Bertz CT molecular complexity index is 872. The number of halogens is 1. The van der Waals surface area contributed by atoms with Gasteiger partial charge in [0, 0.05) is 64.4 Å². The van der Waals surface area contributed by atoms with Crippen LogP contribution in [0.3, 0.4) is 0 Å². The van der Waals surface area contributed by atoms with Gasteiger partial charge in [0.25, 0.3) is 0 Å². The van der Waals surface area contributed by atoms with E-state index in [4.69, 9.17) is 0 Å². The predicted octanol–water partition coefficient (Wildman–Crippen LogP) is 1.38. The van der Waals surface area contributed by atoms with E-state index in [9.17, 15) is 8.42 Å². The SMILES string of the molecule is CN=C(NCCNS(=O)(=O)c1cccnc1)N1CCN(c2ccccc2)CC1.I. The summed E-state index contributed by atoms with van der Waals surface area (Å²) in [4.78, 5) is 12.9. The molecule has 0 spiro atoms. The summed E-state index contributed by atoms with van der Waals surface area (Å²) in [5.41, 5.74) is 1.23. The number of para-hydroxylation sites is 1. The molecule has 0 saturated carbocycles. The number of aromatic nitrogens is 1. The van der Waals surface area contributed by atoms with Crippen LogP contribution in [0.4, 0.5) is 5.69 Å². The maximum atomic E-state index is 12.2. The Morgan fingerprint density at radius 1 is 1.07 bits per heavy atom. The molecule has 0 radical (unpaired) electrons. The highest BCUT2D eigenvalue weighted by Gasteiger charge is 2.20. The molecule has 2 heterocycles. The van der Waals surface area contributed by atoms with Crippen LogP contribution in [0, 0.1) is 0 Å². The highest BCUT2D eigenvalue weighted by molar-refractivity contribution is 14.0. The summed E-state index contributed by atoms with van der Waals surface area (Å²) < 4.78 is 27.0. The van der Waals surface area contributed by atoms with Crippen LogP contribution in [-0.4, -0.2) is 70.6 Å². The molecule has 1 fully saturated rings. The molecular weight excluding hydrogens is 503 g/mol. The minimum atomic E-state index is -3.54. The summed E-state index contributed by atoms with van der Waals surface area (Å²) in [6.45, 7) is 4.26. The van der Waals surface area contributed by atoms with Crippen LogP contribution >= 0.6 is 24.0 Å². The monoisotopic (exact) mass is 530 g/mol. The summed E-state index contributed by atoms with van der Waals surface area (Å²) in [5, 5.41) is 3.23. The summed E-state index contributed by atoms with van der Waals surface area (Å²) in [7, 11) is -1.80. The fourth-order valence-electron chi connectivity index (χ4n) is 3.10. The number of piperazine rings is 1. The van der Waals surface area contributed by atoms with Crippen molar-refractivity contribution in [3.05, 3.63) is 54.9 Å². The molecule has 29 heavy (non-hydrogen) atoms. The number of anilines is 1. The average molecular weight is 530 g/mol. The first-order chi connectivity index (χ1) is 13.6. The second-order valence-corrected chi connectivity index (χ2v) is 8.14. The number of aliphatic imine (C=N–C) groups is 1. The third-order valence-electron chi connectivity index (χ3n) is 4.56. The van der Waals surface area contributed by atoms with Crippen molar-refractivity contribution in [1.29, 1.82) is 0 Å². The Morgan fingerprint density at radius 2 is 1.79 bits per heavy atom. The second-order valence-electron chi connectivity index (χ2n) is 6.37. The number of pyridine rings is 1. The summed E-state index contributed by atoms with van der Waals surface area (Å²) in [5.74, 6) is 0.785. The van der Waals surface area contributed by atoms with Crippen molar-refractivity contribution in [3.8, 4) is 0 Å². The molecule has 0 aliphatic carbocycles. The van der Waals surface area contributed by atoms with Crippen LogP contribution in [0.2, 0.25) is 0 Å². The number of nitrogens with zero attached hydrogens (tertiary/aromatic N) is 4. The van der Waals surface area contributed by atoms with Crippen molar-refractivity contribution in [2.75, 3.05) is 51.2 Å². The van der Waals surface area contributed by atoms with E-state index in [0.717, 1.165) is 32.1 Å². The van der Waals surface area contributed by atoms with E-state index in [0.29, 0.717) is 6.54 Å². The Hall–Kier alpha value is -1.92. The van der Waals surface area contributed by atoms with Crippen molar-refractivity contribution < 1.29 is 8.42 Å². The van der Waals surface area contributed by atoms with Crippen LogP contribution in [0.1, 0.15) is 0 Å². The van der Waals surface area contributed by atoms with Crippen molar-refractivity contribution >= 4 is 45.6 Å². The van der Waals surface area contributed by atoms with Gasteiger partial charge in [-0.05, 0) is 24.3 Å². The zero-order valence-electron chi connectivity index (χ0n) is 16.4. The maximum absolute atomic E-state index is 12.2. The van der Waals surface area contributed by atoms with E-state index in [1.807, 2.05) is 6.07 Å². The molecule has 0 unspecified atom stereocenters. The van der Waals surface area contributed by atoms with Gasteiger partial charge in [-0.1, -0.05) is 18.2 Å². The number of sulfonamides is 1. The molecule has 1 aromatic carbocycles. The van der Waals surface area contributed by atoms with Gasteiger partial charge < -0.3 is 15.1 Å². The zero-order valence-corrected chi connectivity index (χ0v) is 19.5. The number of benzene rings is 1. The Kier molecular flexibility index (Phi) is 9.11. The smallest absolute Gasteiger partial charge is 0.242 e. The molecule has 0 amide bonds. The van der Waals surface area contributed by atoms with Gasteiger partial charge in [0.1, 0.15) is 4.90 Å². The van der Waals surface area contributed by atoms with Gasteiger partial charge in [-0.3, -0.25) is 9.98 Å². The normalized spacial score (nSPS) is 15.0. The number of rotatable bonds is 6. The predicted molar refractivity (Wildman–Crippen MR) is 126 cm³/mol. The van der Waals surface area contributed by atoms with Crippen molar-refractivity contribution in [2.24, 2.45) is 4.99 Å². The molecule has 1 aromatic heterocycles. The topological polar surface area (TPSA) is 89.9 Å². The number of hydrogen-bond donors (Lipinski definition) is 2. The molecule has 8 nitrogen and oxygen atoms in total. The third kappa shape index (κ3) is 6.54.